The summed E-state index contributed by atoms with van der Waals surface area (Å²) in [6.45, 7) is 3.19. The van der Waals surface area contributed by atoms with Gasteiger partial charge in [-0.15, -0.1) is 0 Å². The number of hydrogen-bond acceptors (Lipinski definition) is 2. The zero-order valence-corrected chi connectivity index (χ0v) is 11.3. The number of carbonyl (C=O) groups excluding carboxylic acids is 2. The minimum Gasteiger partial charge on any atom is -0.274 e. The molecule has 0 saturated carbocycles. The molecule has 0 spiro atoms. The molecule has 1 aliphatic heterocycles. The summed E-state index contributed by atoms with van der Waals surface area (Å²) in [5, 5.41) is 0. The summed E-state index contributed by atoms with van der Waals surface area (Å²) in [7, 11) is 0. The Bertz CT molecular complexity index is 527. The van der Waals surface area contributed by atoms with Crippen molar-refractivity contribution < 1.29 is 18.4 Å². The molecule has 18 heavy (non-hydrogen) atoms. The van der Waals surface area contributed by atoms with Crippen LogP contribution in [-0.2, 0) is 9.59 Å². The Kier molecular flexibility index (Phi) is 3.23. The first kappa shape index (κ1) is 13.1. The third kappa shape index (κ3) is 1.84. The van der Waals surface area contributed by atoms with E-state index in [1.165, 1.54) is 0 Å². The van der Waals surface area contributed by atoms with Crippen LogP contribution in [0.4, 0.5) is 14.5 Å². The van der Waals surface area contributed by atoms with E-state index < -0.39 is 35.3 Å². The second kappa shape index (κ2) is 4.42. The number of anilines is 1. The van der Waals surface area contributed by atoms with Gasteiger partial charge in [-0.05, 0) is 22.0 Å². The highest BCUT2D eigenvalue weighted by Crippen LogP contribution is 2.34. The van der Waals surface area contributed by atoms with Crippen molar-refractivity contribution in [2.75, 3.05) is 4.90 Å². The Morgan fingerprint density at radius 3 is 2.06 bits per heavy atom. The quantitative estimate of drug-likeness (QED) is 0.590. The molecule has 6 heteroatoms. The van der Waals surface area contributed by atoms with Crippen LogP contribution < -0.4 is 4.90 Å². The van der Waals surface area contributed by atoms with Gasteiger partial charge in [0.2, 0.25) is 11.8 Å². The summed E-state index contributed by atoms with van der Waals surface area (Å²) in [4.78, 5) is 24.5. The Morgan fingerprint density at radius 2 is 1.56 bits per heavy atom. The molecule has 1 aromatic rings. The van der Waals surface area contributed by atoms with Crippen LogP contribution in [0.2, 0.25) is 0 Å². The molecule has 1 aliphatic rings. The van der Waals surface area contributed by atoms with Crippen LogP contribution >= 0.6 is 15.9 Å². The molecule has 96 valence electrons. The predicted molar refractivity (Wildman–Crippen MR) is 64.9 cm³/mol. The van der Waals surface area contributed by atoms with Crippen molar-refractivity contribution in [2.45, 2.75) is 13.8 Å². The van der Waals surface area contributed by atoms with Gasteiger partial charge < -0.3 is 0 Å². The first-order valence-corrected chi connectivity index (χ1v) is 6.16. The lowest BCUT2D eigenvalue weighted by atomic mass is 10.00. The van der Waals surface area contributed by atoms with Gasteiger partial charge in [0.15, 0.2) is 0 Å². The average Bonchev–Trinajstić information content (AvgIpc) is 2.50. The third-order valence-corrected chi connectivity index (χ3v) is 3.81. The van der Waals surface area contributed by atoms with E-state index in [0.29, 0.717) is 0 Å². The van der Waals surface area contributed by atoms with Crippen LogP contribution in [-0.4, -0.2) is 11.8 Å². The van der Waals surface area contributed by atoms with Gasteiger partial charge in [-0.2, -0.15) is 0 Å². The van der Waals surface area contributed by atoms with E-state index in [1.807, 2.05) is 0 Å². The second-order valence-electron chi connectivity index (χ2n) is 4.31. The van der Waals surface area contributed by atoms with Crippen molar-refractivity contribution >= 4 is 33.4 Å². The molecule has 0 bridgehead atoms. The maximum Gasteiger partial charge on any atom is 0.237 e. The minimum absolute atomic E-state index is 0.0519. The molecule has 1 saturated heterocycles. The molecule has 1 aromatic carbocycles. The summed E-state index contributed by atoms with van der Waals surface area (Å²) in [6.07, 6.45) is 0. The number of imide groups is 1. The fraction of sp³-hybridized carbons (Fsp3) is 0.333. The molecular weight excluding hydrogens is 308 g/mol. The van der Waals surface area contributed by atoms with E-state index in [2.05, 4.69) is 15.9 Å². The normalized spacial score (nSPS) is 23.9. The lowest BCUT2D eigenvalue weighted by Gasteiger charge is -2.15. The first-order chi connectivity index (χ1) is 8.34. The highest BCUT2D eigenvalue weighted by atomic mass is 79.9. The predicted octanol–water partition coefficient (Wildman–Crippen LogP) is 2.87. The number of halogens is 3. The number of hydrogen-bond donors (Lipinski definition) is 0. The van der Waals surface area contributed by atoms with E-state index in [1.54, 1.807) is 13.8 Å². The molecule has 2 rings (SSSR count). The molecule has 1 heterocycles. The molecular formula is C12H10BrF2NO2. The Hall–Kier alpha value is -1.30. The first-order valence-electron chi connectivity index (χ1n) is 5.37. The topological polar surface area (TPSA) is 37.4 Å². The molecule has 2 amide bonds. The van der Waals surface area contributed by atoms with Gasteiger partial charge >= 0.3 is 0 Å². The number of rotatable bonds is 1. The van der Waals surface area contributed by atoms with Crippen LogP contribution in [0.15, 0.2) is 16.6 Å². The summed E-state index contributed by atoms with van der Waals surface area (Å²) in [5.41, 5.74) is -0.332. The Morgan fingerprint density at radius 1 is 1.06 bits per heavy atom. The highest BCUT2D eigenvalue weighted by Gasteiger charge is 2.44. The standard InChI is InChI=1S/C12H10BrF2NO2/c1-5-6(2)12(18)16(11(5)17)10-4-8(14)7(13)3-9(10)15/h3-6H,1-2H3. The van der Waals surface area contributed by atoms with Gasteiger partial charge in [-0.25, -0.2) is 13.7 Å². The van der Waals surface area contributed by atoms with Crippen LogP contribution in [0.25, 0.3) is 0 Å². The zero-order chi connectivity index (χ0) is 13.6. The van der Waals surface area contributed by atoms with Gasteiger partial charge in [0.1, 0.15) is 11.6 Å². The van der Waals surface area contributed by atoms with E-state index in [0.717, 1.165) is 17.0 Å². The molecule has 0 aliphatic carbocycles. The SMILES string of the molecule is CC1C(=O)N(c2cc(F)c(Br)cc2F)C(=O)C1C. The molecule has 0 aromatic heterocycles. The highest BCUT2D eigenvalue weighted by molar-refractivity contribution is 9.10. The van der Waals surface area contributed by atoms with Crippen molar-refractivity contribution in [2.24, 2.45) is 11.8 Å². The van der Waals surface area contributed by atoms with E-state index in [-0.39, 0.29) is 10.2 Å². The molecule has 0 N–H and O–H groups in total. The maximum atomic E-state index is 13.7. The number of carbonyl (C=O) groups is 2. The van der Waals surface area contributed by atoms with Crippen molar-refractivity contribution in [3.63, 3.8) is 0 Å². The summed E-state index contributed by atoms with van der Waals surface area (Å²) in [6, 6.07) is 1.75. The van der Waals surface area contributed by atoms with Crippen LogP contribution in [0.5, 0.6) is 0 Å². The average molecular weight is 318 g/mol. The van der Waals surface area contributed by atoms with Crippen LogP contribution in [0.1, 0.15) is 13.8 Å². The van der Waals surface area contributed by atoms with Gasteiger partial charge in [-0.3, -0.25) is 9.59 Å². The summed E-state index contributed by atoms with van der Waals surface area (Å²) < 4.78 is 27.1. The van der Waals surface area contributed by atoms with Gasteiger partial charge in [0.25, 0.3) is 0 Å². The molecule has 2 unspecified atom stereocenters. The van der Waals surface area contributed by atoms with E-state index >= 15 is 0 Å². The molecule has 2 atom stereocenters. The van der Waals surface area contributed by atoms with Crippen molar-refractivity contribution in [3.8, 4) is 0 Å². The van der Waals surface area contributed by atoms with Crippen molar-refractivity contribution in [3.05, 3.63) is 28.2 Å². The fourth-order valence-corrected chi connectivity index (χ4v) is 2.18. The van der Waals surface area contributed by atoms with Crippen molar-refractivity contribution in [1.29, 1.82) is 0 Å². The molecule has 3 nitrogen and oxygen atoms in total. The van der Waals surface area contributed by atoms with Crippen molar-refractivity contribution in [1.82, 2.24) is 0 Å². The monoisotopic (exact) mass is 317 g/mol. The van der Waals surface area contributed by atoms with Crippen LogP contribution in [0, 0.1) is 23.5 Å². The minimum atomic E-state index is -0.814. The smallest absolute Gasteiger partial charge is 0.237 e. The summed E-state index contributed by atoms with van der Waals surface area (Å²) in [5.74, 6) is -3.60. The lowest BCUT2D eigenvalue weighted by molar-refractivity contribution is -0.122. The fourth-order valence-electron chi connectivity index (χ4n) is 1.86. The summed E-state index contributed by atoms with van der Waals surface area (Å²) >= 11 is 2.84. The molecule has 0 radical (unpaired) electrons. The second-order valence-corrected chi connectivity index (χ2v) is 5.16. The molecule has 1 fully saturated rings. The van der Waals surface area contributed by atoms with Crippen LogP contribution in [0.3, 0.4) is 0 Å². The zero-order valence-electron chi connectivity index (χ0n) is 9.71. The Balaban J connectivity index is 2.53. The van der Waals surface area contributed by atoms with E-state index in [4.69, 9.17) is 0 Å². The van der Waals surface area contributed by atoms with Gasteiger partial charge in [-0.1, -0.05) is 13.8 Å². The maximum absolute atomic E-state index is 13.7. The van der Waals surface area contributed by atoms with Gasteiger partial charge in [0, 0.05) is 17.9 Å². The Labute approximate surface area is 111 Å². The lowest BCUT2D eigenvalue weighted by Crippen LogP contribution is -2.31. The number of benzene rings is 1. The third-order valence-electron chi connectivity index (χ3n) is 3.20. The number of nitrogens with zero attached hydrogens (tertiary/aromatic N) is 1. The van der Waals surface area contributed by atoms with E-state index in [9.17, 15) is 18.4 Å². The van der Waals surface area contributed by atoms with Gasteiger partial charge in [0.05, 0.1) is 10.2 Å². The number of amides is 2. The largest absolute Gasteiger partial charge is 0.274 e.